The van der Waals surface area contributed by atoms with Gasteiger partial charge in [0.05, 0.1) is 0 Å². The van der Waals surface area contributed by atoms with E-state index in [-0.39, 0.29) is 19.1 Å². The molecule has 90 valence electrons. The van der Waals surface area contributed by atoms with Crippen molar-refractivity contribution in [2.75, 3.05) is 13.2 Å². The molecule has 0 bridgehead atoms. The molecule has 0 radical (unpaired) electrons. The topological polar surface area (TPSA) is 40.5 Å². The van der Waals surface area contributed by atoms with Gasteiger partial charge in [-0.2, -0.15) is 0 Å². The van der Waals surface area contributed by atoms with Gasteiger partial charge in [0.2, 0.25) is 0 Å². The highest BCUT2D eigenvalue weighted by Gasteiger charge is 2.29. The standard InChI is InChI=1S/C13H26O2/c1-10(2)13(7-11(8-14)9-15)12-5-3-4-6-12/h10-15H,3-9H2,1-2H3. The monoisotopic (exact) mass is 214 g/mol. The van der Waals surface area contributed by atoms with Crippen LogP contribution in [0.4, 0.5) is 0 Å². The average Bonchev–Trinajstić information content (AvgIpc) is 2.72. The van der Waals surface area contributed by atoms with Crippen LogP contribution in [0.25, 0.3) is 0 Å². The Bertz CT molecular complexity index is 158. The summed E-state index contributed by atoms with van der Waals surface area (Å²) in [5.41, 5.74) is 0. The van der Waals surface area contributed by atoms with Crippen LogP contribution < -0.4 is 0 Å². The van der Waals surface area contributed by atoms with Gasteiger partial charge in [-0.15, -0.1) is 0 Å². The predicted octanol–water partition coefficient (Wildman–Crippen LogP) is 2.44. The van der Waals surface area contributed by atoms with Gasteiger partial charge in [0.1, 0.15) is 0 Å². The maximum absolute atomic E-state index is 9.14. The highest BCUT2D eigenvalue weighted by Crippen LogP contribution is 2.38. The minimum Gasteiger partial charge on any atom is -0.396 e. The second-order valence-corrected chi connectivity index (χ2v) is 5.42. The first-order chi connectivity index (χ1) is 7.19. The van der Waals surface area contributed by atoms with E-state index in [0.29, 0.717) is 11.8 Å². The second-order valence-electron chi connectivity index (χ2n) is 5.42. The van der Waals surface area contributed by atoms with Crippen molar-refractivity contribution in [2.24, 2.45) is 23.7 Å². The Morgan fingerprint density at radius 1 is 1.07 bits per heavy atom. The summed E-state index contributed by atoms with van der Waals surface area (Å²) < 4.78 is 0. The van der Waals surface area contributed by atoms with E-state index < -0.39 is 0 Å². The van der Waals surface area contributed by atoms with E-state index in [2.05, 4.69) is 13.8 Å². The van der Waals surface area contributed by atoms with Gasteiger partial charge in [-0.3, -0.25) is 0 Å². The van der Waals surface area contributed by atoms with Gasteiger partial charge >= 0.3 is 0 Å². The highest BCUT2D eigenvalue weighted by atomic mass is 16.3. The van der Waals surface area contributed by atoms with Crippen LogP contribution in [0.5, 0.6) is 0 Å². The van der Waals surface area contributed by atoms with Crippen LogP contribution in [0.15, 0.2) is 0 Å². The van der Waals surface area contributed by atoms with Gasteiger partial charge in [0, 0.05) is 19.1 Å². The molecule has 2 N–H and O–H groups in total. The van der Waals surface area contributed by atoms with Crippen molar-refractivity contribution in [1.29, 1.82) is 0 Å². The second kappa shape index (κ2) is 6.49. The summed E-state index contributed by atoms with van der Waals surface area (Å²) >= 11 is 0. The molecule has 0 spiro atoms. The molecular formula is C13H26O2. The molecule has 1 rings (SSSR count). The summed E-state index contributed by atoms with van der Waals surface area (Å²) in [6.45, 7) is 4.81. The molecule has 0 aromatic rings. The molecule has 2 nitrogen and oxygen atoms in total. The van der Waals surface area contributed by atoms with Crippen molar-refractivity contribution in [2.45, 2.75) is 46.0 Å². The predicted molar refractivity (Wildman–Crippen MR) is 62.6 cm³/mol. The zero-order valence-electron chi connectivity index (χ0n) is 10.2. The lowest BCUT2D eigenvalue weighted by atomic mass is 9.77. The molecule has 1 fully saturated rings. The maximum atomic E-state index is 9.14. The van der Waals surface area contributed by atoms with E-state index >= 15 is 0 Å². The van der Waals surface area contributed by atoms with E-state index in [1.807, 2.05) is 0 Å². The molecular weight excluding hydrogens is 188 g/mol. The lowest BCUT2D eigenvalue weighted by molar-refractivity contribution is 0.104. The van der Waals surface area contributed by atoms with Crippen molar-refractivity contribution in [3.05, 3.63) is 0 Å². The molecule has 0 heterocycles. The molecule has 0 amide bonds. The third kappa shape index (κ3) is 3.76. The summed E-state index contributed by atoms with van der Waals surface area (Å²) in [6, 6.07) is 0. The van der Waals surface area contributed by atoms with Gasteiger partial charge in [0.25, 0.3) is 0 Å². The Morgan fingerprint density at radius 2 is 1.60 bits per heavy atom. The number of rotatable bonds is 6. The Kier molecular flexibility index (Phi) is 5.62. The normalized spacial score (nSPS) is 20.4. The Hall–Kier alpha value is -0.0800. The summed E-state index contributed by atoms with van der Waals surface area (Å²) in [5, 5.41) is 18.3. The molecule has 2 heteroatoms. The Balaban J connectivity index is 2.49. The fourth-order valence-electron chi connectivity index (χ4n) is 2.99. The van der Waals surface area contributed by atoms with E-state index in [4.69, 9.17) is 10.2 Å². The fourth-order valence-corrected chi connectivity index (χ4v) is 2.99. The third-order valence-electron chi connectivity index (χ3n) is 3.98. The van der Waals surface area contributed by atoms with Gasteiger partial charge in [-0.1, -0.05) is 39.5 Å². The number of hydrogen-bond acceptors (Lipinski definition) is 2. The lowest BCUT2D eigenvalue weighted by Crippen LogP contribution is -2.24. The highest BCUT2D eigenvalue weighted by molar-refractivity contribution is 4.79. The molecule has 15 heavy (non-hydrogen) atoms. The van der Waals surface area contributed by atoms with Crippen LogP contribution in [-0.4, -0.2) is 23.4 Å². The van der Waals surface area contributed by atoms with Gasteiger partial charge in [-0.05, 0) is 24.2 Å². The minimum atomic E-state index is 0.0954. The number of hydrogen-bond donors (Lipinski definition) is 2. The molecule has 0 saturated heterocycles. The van der Waals surface area contributed by atoms with E-state index in [9.17, 15) is 0 Å². The van der Waals surface area contributed by atoms with Crippen LogP contribution in [-0.2, 0) is 0 Å². The van der Waals surface area contributed by atoms with Gasteiger partial charge in [-0.25, -0.2) is 0 Å². The Labute approximate surface area is 93.7 Å². The molecule has 1 aliphatic rings. The van der Waals surface area contributed by atoms with E-state index in [1.165, 1.54) is 25.7 Å². The lowest BCUT2D eigenvalue weighted by Gasteiger charge is -2.29. The molecule has 0 aromatic heterocycles. The van der Waals surface area contributed by atoms with Crippen molar-refractivity contribution < 1.29 is 10.2 Å². The van der Waals surface area contributed by atoms with Crippen molar-refractivity contribution in [3.63, 3.8) is 0 Å². The smallest absolute Gasteiger partial charge is 0.0481 e. The average molecular weight is 214 g/mol. The molecule has 1 unspecified atom stereocenters. The van der Waals surface area contributed by atoms with E-state index in [0.717, 1.165) is 12.3 Å². The third-order valence-corrected chi connectivity index (χ3v) is 3.98. The first-order valence-electron chi connectivity index (χ1n) is 6.40. The van der Waals surface area contributed by atoms with Gasteiger partial charge < -0.3 is 10.2 Å². The summed E-state index contributed by atoms with van der Waals surface area (Å²) in [4.78, 5) is 0. The van der Waals surface area contributed by atoms with Crippen LogP contribution in [0.1, 0.15) is 46.0 Å². The summed E-state index contributed by atoms with van der Waals surface area (Å²) in [5.74, 6) is 2.30. The summed E-state index contributed by atoms with van der Waals surface area (Å²) in [7, 11) is 0. The quantitative estimate of drug-likeness (QED) is 0.713. The van der Waals surface area contributed by atoms with Crippen LogP contribution in [0.3, 0.4) is 0 Å². The number of aliphatic hydroxyl groups excluding tert-OH is 2. The van der Waals surface area contributed by atoms with Crippen molar-refractivity contribution in [3.8, 4) is 0 Å². The van der Waals surface area contributed by atoms with Crippen LogP contribution in [0.2, 0.25) is 0 Å². The molecule has 0 aliphatic heterocycles. The number of aliphatic hydroxyl groups is 2. The van der Waals surface area contributed by atoms with Crippen LogP contribution in [0, 0.1) is 23.7 Å². The van der Waals surface area contributed by atoms with Crippen molar-refractivity contribution >= 4 is 0 Å². The zero-order chi connectivity index (χ0) is 11.3. The molecule has 1 aliphatic carbocycles. The fraction of sp³-hybridized carbons (Fsp3) is 1.00. The van der Waals surface area contributed by atoms with Crippen molar-refractivity contribution in [1.82, 2.24) is 0 Å². The Morgan fingerprint density at radius 3 is 2.00 bits per heavy atom. The first-order valence-corrected chi connectivity index (χ1v) is 6.40. The van der Waals surface area contributed by atoms with E-state index in [1.54, 1.807) is 0 Å². The first kappa shape index (κ1) is 13.0. The van der Waals surface area contributed by atoms with Gasteiger partial charge in [0.15, 0.2) is 0 Å². The molecule has 0 aromatic carbocycles. The molecule has 1 saturated carbocycles. The minimum absolute atomic E-state index is 0.0954. The molecule has 1 atom stereocenters. The SMILES string of the molecule is CC(C)C(CC(CO)CO)C1CCCC1. The van der Waals surface area contributed by atoms with Crippen LogP contribution >= 0.6 is 0 Å². The summed E-state index contributed by atoms with van der Waals surface area (Å²) in [6.07, 6.45) is 6.45. The maximum Gasteiger partial charge on any atom is 0.0481 e. The zero-order valence-corrected chi connectivity index (χ0v) is 10.2. The largest absolute Gasteiger partial charge is 0.396 e.